The highest BCUT2D eigenvalue weighted by Gasteiger charge is 2.23. The highest BCUT2D eigenvalue weighted by atomic mass is 32.2. The zero-order valence-electron chi connectivity index (χ0n) is 21.7. The van der Waals surface area contributed by atoms with Crippen molar-refractivity contribution in [2.45, 2.75) is 31.6 Å². The first-order valence-electron chi connectivity index (χ1n) is 12.8. The van der Waals surface area contributed by atoms with Crippen molar-refractivity contribution in [1.29, 1.82) is 0 Å². The van der Waals surface area contributed by atoms with E-state index in [1.165, 1.54) is 13.1 Å². The molecule has 3 N–H and O–H groups in total. The molecule has 3 heterocycles. The smallest absolute Gasteiger partial charge is 0.237 e. The Kier molecular flexibility index (Phi) is 8.17. The number of anilines is 2. The van der Waals surface area contributed by atoms with Crippen molar-refractivity contribution in [2.75, 3.05) is 23.1 Å². The molecule has 208 valence electrons. The van der Waals surface area contributed by atoms with Crippen LogP contribution in [0.25, 0.3) is 11.3 Å². The minimum atomic E-state index is -4.09. The normalized spacial score (nSPS) is 15.4. The number of nitrogens with one attached hydrogen (secondary N) is 3. The van der Waals surface area contributed by atoms with E-state index in [1.807, 2.05) is 4.72 Å². The number of rotatable bonds is 9. The van der Waals surface area contributed by atoms with Crippen molar-refractivity contribution < 1.29 is 21.9 Å². The molecular formula is C28H28F2N6O3S. The minimum absolute atomic E-state index is 0.0748. The number of hydrogen-bond donors (Lipinski definition) is 3. The molecule has 0 bridgehead atoms. The average Bonchev–Trinajstić information content (AvgIpc) is 2.95. The molecule has 1 unspecified atom stereocenters. The van der Waals surface area contributed by atoms with Gasteiger partial charge >= 0.3 is 0 Å². The number of benzene rings is 2. The fraction of sp³-hybridized carbons (Fsp3) is 0.250. The van der Waals surface area contributed by atoms with Crippen LogP contribution in [-0.4, -0.2) is 42.5 Å². The molecule has 0 spiro atoms. The first-order chi connectivity index (χ1) is 19.3. The molecule has 1 fully saturated rings. The zero-order chi connectivity index (χ0) is 28.1. The van der Waals surface area contributed by atoms with Crippen molar-refractivity contribution in [3.63, 3.8) is 0 Å². The quantitative estimate of drug-likeness (QED) is 0.258. The lowest BCUT2D eigenvalue weighted by molar-refractivity contribution is 0.448. The molecule has 12 heteroatoms. The third-order valence-electron chi connectivity index (χ3n) is 6.41. The molecule has 1 saturated heterocycles. The van der Waals surface area contributed by atoms with Crippen LogP contribution in [0.15, 0.2) is 67.0 Å². The van der Waals surface area contributed by atoms with Crippen LogP contribution in [0.4, 0.5) is 20.4 Å². The van der Waals surface area contributed by atoms with Gasteiger partial charge in [-0.15, -0.1) is 0 Å². The molecule has 0 saturated carbocycles. The lowest BCUT2D eigenvalue weighted by atomic mass is 10.1. The second kappa shape index (κ2) is 11.9. The summed E-state index contributed by atoms with van der Waals surface area (Å²) in [4.78, 5) is 13.2. The number of nitrogens with zero attached hydrogens (tertiary/aromatic N) is 3. The van der Waals surface area contributed by atoms with Crippen molar-refractivity contribution >= 4 is 21.7 Å². The number of aromatic nitrogens is 3. The SMILES string of the molecule is Cc1c(Oc2ncccc2-c2ccnc(NC3CCCNC3)n2)cc(F)c(NS(=O)(=O)Cc2ccccc2)c1F. The molecule has 2 aromatic carbocycles. The maximum Gasteiger partial charge on any atom is 0.237 e. The molecule has 2 aromatic heterocycles. The molecule has 5 rings (SSSR count). The Morgan fingerprint density at radius 2 is 1.90 bits per heavy atom. The van der Waals surface area contributed by atoms with E-state index in [4.69, 9.17) is 4.74 Å². The van der Waals surface area contributed by atoms with Gasteiger partial charge in [0.05, 0.1) is 17.0 Å². The minimum Gasteiger partial charge on any atom is -0.438 e. The van der Waals surface area contributed by atoms with E-state index in [9.17, 15) is 8.42 Å². The number of hydrogen-bond acceptors (Lipinski definition) is 8. The van der Waals surface area contributed by atoms with Crippen LogP contribution in [0, 0.1) is 18.6 Å². The van der Waals surface area contributed by atoms with E-state index >= 15 is 8.78 Å². The Balaban J connectivity index is 1.38. The topological polar surface area (TPSA) is 118 Å². The number of halogens is 2. The molecule has 0 amide bonds. The van der Waals surface area contributed by atoms with Crippen LogP contribution >= 0.6 is 0 Å². The van der Waals surface area contributed by atoms with Crippen molar-refractivity contribution in [1.82, 2.24) is 20.3 Å². The molecule has 4 aromatic rings. The Morgan fingerprint density at radius 1 is 1.07 bits per heavy atom. The van der Waals surface area contributed by atoms with Crippen LogP contribution in [0.1, 0.15) is 24.0 Å². The van der Waals surface area contributed by atoms with Gasteiger partial charge in [0.2, 0.25) is 21.9 Å². The van der Waals surface area contributed by atoms with Crippen LogP contribution in [-0.2, 0) is 15.8 Å². The van der Waals surface area contributed by atoms with Gasteiger partial charge < -0.3 is 15.4 Å². The van der Waals surface area contributed by atoms with E-state index in [2.05, 4.69) is 25.6 Å². The van der Waals surface area contributed by atoms with E-state index in [1.54, 1.807) is 54.7 Å². The van der Waals surface area contributed by atoms with Crippen molar-refractivity contribution in [3.05, 3.63) is 89.8 Å². The molecule has 40 heavy (non-hydrogen) atoms. The summed E-state index contributed by atoms with van der Waals surface area (Å²) >= 11 is 0. The van der Waals surface area contributed by atoms with Gasteiger partial charge in [0, 0.05) is 36.6 Å². The summed E-state index contributed by atoms with van der Waals surface area (Å²) < 4.78 is 63.5. The van der Waals surface area contributed by atoms with Crippen LogP contribution in [0.5, 0.6) is 11.6 Å². The third kappa shape index (κ3) is 6.52. The van der Waals surface area contributed by atoms with Gasteiger partial charge in [-0.3, -0.25) is 4.72 Å². The lowest BCUT2D eigenvalue weighted by Gasteiger charge is -2.23. The van der Waals surface area contributed by atoms with Gasteiger partial charge in [-0.25, -0.2) is 32.2 Å². The number of pyridine rings is 1. The Labute approximate surface area is 231 Å². The zero-order valence-corrected chi connectivity index (χ0v) is 22.5. The molecule has 9 nitrogen and oxygen atoms in total. The number of sulfonamides is 1. The summed E-state index contributed by atoms with van der Waals surface area (Å²) in [6.45, 7) is 3.16. The summed E-state index contributed by atoms with van der Waals surface area (Å²) in [7, 11) is -4.09. The fourth-order valence-electron chi connectivity index (χ4n) is 4.39. The summed E-state index contributed by atoms with van der Waals surface area (Å²) in [6.07, 6.45) is 5.15. The highest BCUT2D eigenvalue weighted by molar-refractivity contribution is 7.91. The summed E-state index contributed by atoms with van der Waals surface area (Å²) in [6, 6.07) is 14.6. The fourth-order valence-corrected chi connectivity index (χ4v) is 5.59. The summed E-state index contributed by atoms with van der Waals surface area (Å²) in [5.41, 5.74) is 0.612. The van der Waals surface area contributed by atoms with Gasteiger partial charge in [0.25, 0.3) is 0 Å². The van der Waals surface area contributed by atoms with Gasteiger partial charge in [0.15, 0.2) is 11.6 Å². The third-order valence-corrected chi connectivity index (χ3v) is 7.64. The maximum absolute atomic E-state index is 15.3. The average molecular weight is 567 g/mol. The number of ether oxygens (including phenoxy) is 1. The van der Waals surface area contributed by atoms with Crippen LogP contribution < -0.4 is 20.1 Å². The molecule has 1 atom stereocenters. The van der Waals surface area contributed by atoms with E-state index < -0.39 is 33.1 Å². The highest BCUT2D eigenvalue weighted by Crippen LogP contribution is 2.36. The van der Waals surface area contributed by atoms with Crippen molar-refractivity contribution in [2.24, 2.45) is 0 Å². The lowest BCUT2D eigenvalue weighted by Crippen LogP contribution is -2.38. The molecular weight excluding hydrogens is 538 g/mol. The second-order valence-corrected chi connectivity index (χ2v) is 11.2. The molecule has 0 radical (unpaired) electrons. The number of piperidine rings is 1. The maximum atomic E-state index is 15.3. The van der Waals surface area contributed by atoms with Crippen molar-refractivity contribution in [3.8, 4) is 22.9 Å². The van der Waals surface area contributed by atoms with E-state index in [-0.39, 0.29) is 23.2 Å². The second-order valence-electron chi connectivity index (χ2n) is 9.43. The van der Waals surface area contributed by atoms with Crippen LogP contribution in [0.3, 0.4) is 0 Å². The van der Waals surface area contributed by atoms with E-state index in [0.717, 1.165) is 32.0 Å². The molecule has 1 aliphatic heterocycles. The van der Waals surface area contributed by atoms with Gasteiger partial charge in [-0.2, -0.15) is 0 Å². The Morgan fingerprint density at radius 3 is 2.67 bits per heavy atom. The largest absolute Gasteiger partial charge is 0.438 e. The molecule has 0 aliphatic carbocycles. The Bertz CT molecular complexity index is 1600. The first-order valence-corrected chi connectivity index (χ1v) is 14.4. The predicted octanol–water partition coefficient (Wildman–Crippen LogP) is 5.02. The summed E-state index contributed by atoms with van der Waals surface area (Å²) in [5.74, 6) is -2.27. The van der Waals surface area contributed by atoms with Crippen LogP contribution in [0.2, 0.25) is 0 Å². The summed E-state index contributed by atoms with van der Waals surface area (Å²) in [5, 5.41) is 6.66. The van der Waals surface area contributed by atoms with Gasteiger partial charge in [-0.1, -0.05) is 30.3 Å². The van der Waals surface area contributed by atoms with Gasteiger partial charge in [-0.05, 0) is 50.1 Å². The monoisotopic (exact) mass is 566 g/mol. The van der Waals surface area contributed by atoms with Gasteiger partial charge in [0.1, 0.15) is 11.4 Å². The first kappa shape index (κ1) is 27.4. The van der Waals surface area contributed by atoms with E-state index in [0.29, 0.717) is 22.8 Å². The molecule has 1 aliphatic rings. The predicted molar refractivity (Wildman–Crippen MR) is 149 cm³/mol. The Hall–Kier alpha value is -4.16. The standard InChI is InChI=1S/C28H28F2N6O3S/c1-18-24(15-22(29)26(25(18)30)36-40(37,38)17-19-7-3-2-4-8-19)39-27-21(10-6-13-32-27)23-11-14-33-28(35-23)34-20-9-5-12-31-16-20/h2-4,6-8,10-11,13-15,20,31,36H,5,9,12,16-17H2,1H3,(H,33,34,35).